The number of hydrogen-bond donors (Lipinski definition) is 1. The average molecular weight is 257 g/mol. The van der Waals surface area contributed by atoms with Crippen molar-refractivity contribution < 1.29 is 9.21 Å². The molecule has 1 aromatic heterocycles. The molecule has 1 fully saturated rings. The molecule has 19 heavy (non-hydrogen) atoms. The fraction of sp³-hybridized carbons (Fsp3) is 0.286. The van der Waals surface area contributed by atoms with E-state index >= 15 is 0 Å². The minimum Gasteiger partial charge on any atom is -0.438 e. The highest BCUT2D eigenvalue weighted by Gasteiger charge is 2.29. The summed E-state index contributed by atoms with van der Waals surface area (Å²) in [5.41, 5.74) is 1.13. The third kappa shape index (κ3) is 2.37. The lowest BCUT2D eigenvalue weighted by atomic mass is 10.0. The van der Waals surface area contributed by atoms with Crippen molar-refractivity contribution in [3.8, 4) is 0 Å². The second-order valence-electron chi connectivity index (χ2n) is 4.49. The number of carbonyl (C=O) groups is 1. The quantitative estimate of drug-likeness (QED) is 0.885. The van der Waals surface area contributed by atoms with Gasteiger partial charge in [0.1, 0.15) is 0 Å². The molecule has 1 unspecified atom stereocenters. The first-order valence-corrected chi connectivity index (χ1v) is 6.31. The molecular weight excluding hydrogens is 242 g/mol. The summed E-state index contributed by atoms with van der Waals surface area (Å²) in [5, 5.41) is 3.32. The first-order valence-electron chi connectivity index (χ1n) is 6.31. The zero-order chi connectivity index (χ0) is 13.1. The first-order chi connectivity index (χ1) is 9.36. The van der Waals surface area contributed by atoms with Crippen LogP contribution >= 0.6 is 0 Å². The standard InChI is InChI=1S/C14H15N3O2/c18-14(13-9-16-10-19-13)17-7-6-15-8-12(17)11-4-2-1-3-5-11/h1-5,9-10,12,15H,6-8H2. The molecule has 1 N–H and O–H groups in total. The van der Waals surface area contributed by atoms with Gasteiger partial charge in [-0.3, -0.25) is 4.79 Å². The molecule has 0 spiro atoms. The maximum absolute atomic E-state index is 12.4. The fourth-order valence-electron chi connectivity index (χ4n) is 2.38. The number of nitrogens with one attached hydrogen (secondary N) is 1. The zero-order valence-electron chi connectivity index (χ0n) is 10.5. The third-order valence-electron chi connectivity index (χ3n) is 3.33. The highest BCUT2D eigenvalue weighted by Crippen LogP contribution is 2.23. The molecule has 5 nitrogen and oxygen atoms in total. The molecule has 1 aliphatic rings. The summed E-state index contributed by atoms with van der Waals surface area (Å²) in [5.74, 6) is 0.190. The highest BCUT2D eigenvalue weighted by molar-refractivity contribution is 5.91. The summed E-state index contributed by atoms with van der Waals surface area (Å²) in [6, 6.07) is 10.1. The Balaban J connectivity index is 1.87. The van der Waals surface area contributed by atoms with E-state index in [0.29, 0.717) is 12.3 Å². The van der Waals surface area contributed by atoms with Crippen LogP contribution in [0.15, 0.2) is 47.3 Å². The van der Waals surface area contributed by atoms with Crippen molar-refractivity contribution in [2.45, 2.75) is 6.04 Å². The van der Waals surface area contributed by atoms with Gasteiger partial charge in [-0.15, -0.1) is 0 Å². The van der Waals surface area contributed by atoms with Gasteiger partial charge >= 0.3 is 0 Å². The van der Waals surface area contributed by atoms with E-state index in [1.165, 1.54) is 12.6 Å². The number of piperazine rings is 1. The Morgan fingerprint density at radius 1 is 1.37 bits per heavy atom. The van der Waals surface area contributed by atoms with E-state index in [1.807, 2.05) is 35.2 Å². The Labute approximate surface area is 111 Å². The Morgan fingerprint density at radius 3 is 2.95 bits per heavy atom. The number of carbonyl (C=O) groups excluding carboxylic acids is 1. The molecule has 2 aromatic rings. The Hall–Kier alpha value is -2.14. The topological polar surface area (TPSA) is 58.4 Å². The second kappa shape index (κ2) is 5.24. The van der Waals surface area contributed by atoms with Crippen LogP contribution in [0.4, 0.5) is 0 Å². The maximum atomic E-state index is 12.4. The predicted molar refractivity (Wildman–Crippen MR) is 69.6 cm³/mol. The summed E-state index contributed by atoms with van der Waals surface area (Å²) in [6.45, 7) is 2.21. The van der Waals surface area contributed by atoms with Gasteiger partial charge in [-0.2, -0.15) is 0 Å². The molecule has 1 amide bonds. The van der Waals surface area contributed by atoms with Crippen LogP contribution in [-0.4, -0.2) is 35.4 Å². The van der Waals surface area contributed by atoms with Gasteiger partial charge in [-0.25, -0.2) is 4.98 Å². The normalized spacial score (nSPS) is 19.4. The van der Waals surface area contributed by atoms with Crippen molar-refractivity contribution in [2.75, 3.05) is 19.6 Å². The zero-order valence-corrected chi connectivity index (χ0v) is 10.5. The largest absolute Gasteiger partial charge is 0.438 e. The number of oxazole rings is 1. The van der Waals surface area contributed by atoms with E-state index in [0.717, 1.165) is 18.7 Å². The molecular formula is C14H15N3O2. The molecule has 0 bridgehead atoms. The van der Waals surface area contributed by atoms with Gasteiger partial charge in [0.15, 0.2) is 6.39 Å². The van der Waals surface area contributed by atoms with E-state index in [9.17, 15) is 4.79 Å². The smallest absolute Gasteiger partial charge is 0.291 e. The van der Waals surface area contributed by atoms with Gasteiger partial charge in [-0.05, 0) is 5.56 Å². The molecule has 0 radical (unpaired) electrons. The van der Waals surface area contributed by atoms with E-state index in [2.05, 4.69) is 10.3 Å². The summed E-state index contributed by atoms with van der Waals surface area (Å²) in [4.78, 5) is 18.1. The Morgan fingerprint density at radius 2 is 2.21 bits per heavy atom. The molecule has 5 heteroatoms. The molecule has 0 saturated carbocycles. The monoisotopic (exact) mass is 257 g/mol. The van der Waals surface area contributed by atoms with Gasteiger partial charge in [0.25, 0.3) is 5.91 Å². The number of amides is 1. The van der Waals surface area contributed by atoms with Crippen LogP contribution in [0.2, 0.25) is 0 Å². The summed E-state index contributed by atoms with van der Waals surface area (Å²) >= 11 is 0. The van der Waals surface area contributed by atoms with E-state index in [1.54, 1.807) is 0 Å². The second-order valence-corrected chi connectivity index (χ2v) is 4.49. The van der Waals surface area contributed by atoms with Crippen LogP contribution in [0.1, 0.15) is 22.2 Å². The van der Waals surface area contributed by atoms with Crippen molar-refractivity contribution >= 4 is 5.91 Å². The van der Waals surface area contributed by atoms with E-state index in [-0.39, 0.29) is 11.9 Å². The minimum absolute atomic E-state index is 0.0348. The predicted octanol–water partition coefficient (Wildman–Crippen LogP) is 1.46. The number of hydrogen-bond acceptors (Lipinski definition) is 4. The van der Waals surface area contributed by atoms with Gasteiger partial charge in [0.05, 0.1) is 12.2 Å². The molecule has 1 atom stereocenters. The maximum Gasteiger partial charge on any atom is 0.291 e. The Kier molecular flexibility index (Phi) is 3.29. The lowest BCUT2D eigenvalue weighted by Gasteiger charge is -2.35. The van der Waals surface area contributed by atoms with Gasteiger partial charge < -0.3 is 14.6 Å². The van der Waals surface area contributed by atoms with Gasteiger partial charge in [-0.1, -0.05) is 30.3 Å². The lowest BCUT2D eigenvalue weighted by Crippen LogP contribution is -2.48. The molecule has 1 aliphatic heterocycles. The summed E-state index contributed by atoms with van der Waals surface area (Å²) in [6.07, 6.45) is 2.75. The Bertz CT molecular complexity index is 539. The molecule has 0 aliphatic carbocycles. The van der Waals surface area contributed by atoms with Crippen molar-refractivity contribution in [2.24, 2.45) is 0 Å². The van der Waals surface area contributed by atoms with Crippen molar-refractivity contribution in [3.05, 3.63) is 54.2 Å². The van der Waals surface area contributed by atoms with Crippen LogP contribution in [-0.2, 0) is 0 Å². The van der Waals surface area contributed by atoms with E-state index < -0.39 is 0 Å². The summed E-state index contributed by atoms with van der Waals surface area (Å²) in [7, 11) is 0. The first kappa shape index (κ1) is 11.9. The van der Waals surface area contributed by atoms with Crippen molar-refractivity contribution in [1.29, 1.82) is 0 Å². The van der Waals surface area contributed by atoms with Crippen LogP contribution in [0.3, 0.4) is 0 Å². The number of aromatic nitrogens is 1. The average Bonchev–Trinajstić information content (AvgIpc) is 3.02. The van der Waals surface area contributed by atoms with Crippen LogP contribution < -0.4 is 5.32 Å². The number of nitrogens with zero attached hydrogens (tertiary/aromatic N) is 2. The van der Waals surface area contributed by atoms with Gasteiger partial charge in [0.2, 0.25) is 5.76 Å². The van der Waals surface area contributed by atoms with Crippen LogP contribution in [0.5, 0.6) is 0 Å². The molecule has 3 rings (SSSR count). The summed E-state index contributed by atoms with van der Waals surface area (Å²) < 4.78 is 5.11. The number of rotatable bonds is 2. The number of benzene rings is 1. The van der Waals surface area contributed by atoms with Crippen LogP contribution in [0.25, 0.3) is 0 Å². The molecule has 1 aromatic carbocycles. The molecule has 1 saturated heterocycles. The SMILES string of the molecule is O=C(c1cnco1)N1CCNCC1c1ccccc1. The van der Waals surface area contributed by atoms with Gasteiger partial charge in [0, 0.05) is 19.6 Å². The minimum atomic E-state index is -0.104. The van der Waals surface area contributed by atoms with Crippen LogP contribution in [0, 0.1) is 0 Å². The highest BCUT2D eigenvalue weighted by atomic mass is 16.3. The van der Waals surface area contributed by atoms with Crippen molar-refractivity contribution in [3.63, 3.8) is 0 Å². The molecule has 98 valence electrons. The van der Waals surface area contributed by atoms with Crippen molar-refractivity contribution in [1.82, 2.24) is 15.2 Å². The molecule has 2 heterocycles. The third-order valence-corrected chi connectivity index (χ3v) is 3.33. The fourth-order valence-corrected chi connectivity index (χ4v) is 2.38. The van der Waals surface area contributed by atoms with E-state index in [4.69, 9.17) is 4.42 Å². The lowest BCUT2D eigenvalue weighted by molar-refractivity contribution is 0.0601.